The van der Waals surface area contributed by atoms with Crippen LogP contribution in [0, 0.1) is 0 Å². The Bertz CT molecular complexity index is 952. The van der Waals surface area contributed by atoms with Gasteiger partial charge in [-0.1, -0.05) is 23.2 Å². The second kappa shape index (κ2) is 9.55. The third-order valence-corrected chi connectivity index (χ3v) is 5.01. The van der Waals surface area contributed by atoms with Crippen LogP contribution in [0.4, 0.5) is 11.4 Å². The number of ether oxygens (including phenoxy) is 2. The van der Waals surface area contributed by atoms with E-state index in [0.717, 1.165) is 0 Å². The molecular weight excluding hydrogens is 429 g/mol. The molecule has 160 valence electrons. The number of carbonyl (C=O) groups is 2. The van der Waals surface area contributed by atoms with Gasteiger partial charge in [0.15, 0.2) is 12.7 Å². The molecule has 0 aromatic heterocycles. The fourth-order valence-corrected chi connectivity index (χ4v) is 3.41. The summed E-state index contributed by atoms with van der Waals surface area (Å²) in [4.78, 5) is 28.6. The number of nitrogens with one attached hydrogen (secondary N) is 1. The average molecular weight is 452 g/mol. The molecule has 0 radical (unpaired) electrons. The molecule has 9 heteroatoms. The summed E-state index contributed by atoms with van der Waals surface area (Å²) < 4.78 is 11.2. The monoisotopic (exact) mass is 451 g/mol. The van der Waals surface area contributed by atoms with Crippen LogP contribution in [-0.2, 0) is 9.59 Å². The molecule has 2 aromatic carbocycles. The van der Waals surface area contributed by atoms with Gasteiger partial charge in [0.25, 0.3) is 11.8 Å². The summed E-state index contributed by atoms with van der Waals surface area (Å²) in [6.45, 7) is 2.71. The van der Waals surface area contributed by atoms with Gasteiger partial charge in [-0.15, -0.1) is 0 Å². The number of carbonyl (C=O) groups excluding carboxylic acids is 2. The highest BCUT2D eigenvalue weighted by Gasteiger charge is 2.31. The van der Waals surface area contributed by atoms with Crippen LogP contribution in [0.15, 0.2) is 36.4 Å². The molecule has 1 heterocycles. The molecule has 1 aliphatic rings. The van der Waals surface area contributed by atoms with Crippen molar-refractivity contribution in [3.05, 3.63) is 46.4 Å². The van der Waals surface area contributed by atoms with Gasteiger partial charge in [-0.25, -0.2) is 0 Å². The van der Waals surface area contributed by atoms with E-state index in [1.54, 1.807) is 48.2 Å². The molecule has 1 N–H and O–H groups in total. The first-order valence-corrected chi connectivity index (χ1v) is 10.1. The Hall–Kier alpha value is -2.48. The minimum atomic E-state index is -0.558. The molecule has 0 spiro atoms. The van der Waals surface area contributed by atoms with Crippen molar-refractivity contribution in [3.63, 3.8) is 0 Å². The maximum absolute atomic E-state index is 12.6. The van der Waals surface area contributed by atoms with Gasteiger partial charge in [-0.2, -0.15) is 0 Å². The first-order valence-electron chi connectivity index (χ1n) is 9.39. The summed E-state index contributed by atoms with van der Waals surface area (Å²) >= 11 is 11.9. The summed E-state index contributed by atoms with van der Waals surface area (Å²) in [5.41, 5.74) is 1.16. The third kappa shape index (κ3) is 5.36. The number of rotatable bonds is 7. The van der Waals surface area contributed by atoms with Gasteiger partial charge in [0.05, 0.1) is 10.7 Å². The lowest BCUT2D eigenvalue weighted by Gasteiger charge is -2.34. The quantitative estimate of drug-likeness (QED) is 0.694. The molecule has 0 bridgehead atoms. The molecule has 1 aliphatic heterocycles. The molecule has 0 saturated carbocycles. The van der Waals surface area contributed by atoms with E-state index in [0.29, 0.717) is 46.0 Å². The predicted molar refractivity (Wildman–Crippen MR) is 118 cm³/mol. The second-order valence-electron chi connectivity index (χ2n) is 7.15. The Balaban J connectivity index is 1.70. The molecule has 30 heavy (non-hydrogen) atoms. The number of halogens is 2. The van der Waals surface area contributed by atoms with Gasteiger partial charge in [-0.05, 0) is 57.4 Å². The summed E-state index contributed by atoms with van der Waals surface area (Å²) in [5.74, 6) is 0.485. The fourth-order valence-electron chi connectivity index (χ4n) is 2.95. The van der Waals surface area contributed by atoms with Gasteiger partial charge in [0, 0.05) is 23.8 Å². The van der Waals surface area contributed by atoms with E-state index in [1.165, 1.54) is 0 Å². The molecule has 0 fully saturated rings. The Morgan fingerprint density at radius 3 is 2.70 bits per heavy atom. The minimum absolute atomic E-state index is 0.117. The van der Waals surface area contributed by atoms with Crippen molar-refractivity contribution >= 4 is 46.4 Å². The van der Waals surface area contributed by atoms with E-state index in [1.807, 2.05) is 19.0 Å². The first-order chi connectivity index (χ1) is 14.2. The highest BCUT2D eigenvalue weighted by molar-refractivity contribution is 6.35. The predicted octanol–water partition coefficient (Wildman–Crippen LogP) is 3.69. The number of likely N-dealkylation sites (N-methyl/N-ethyl adjacent to an activating group) is 1. The zero-order valence-electron chi connectivity index (χ0n) is 16.9. The van der Waals surface area contributed by atoms with Crippen molar-refractivity contribution in [2.75, 3.05) is 44.0 Å². The Morgan fingerprint density at radius 1 is 1.23 bits per heavy atom. The minimum Gasteiger partial charge on any atom is -0.482 e. The van der Waals surface area contributed by atoms with E-state index in [9.17, 15) is 9.59 Å². The van der Waals surface area contributed by atoms with E-state index in [-0.39, 0.29) is 18.4 Å². The zero-order chi connectivity index (χ0) is 21.8. The maximum atomic E-state index is 12.6. The highest BCUT2D eigenvalue weighted by Crippen LogP contribution is 2.36. The molecule has 1 atom stereocenters. The van der Waals surface area contributed by atoms with Crippen LogP contribution in [0.1, 0.15) is 6.92 Å². The second-order valence-corrected chi connectivity index (χ2v) is 7.99. The summed E-state index contributed by atoms with van der Waals surface area (Å²) in [6, 6.07) is 9.96. The van der Waals surface area contributed by atoms with Gasteiger partial charge < -0.3 is 24.6 Å². The number of benzene rings is 2. The molecule has 3 rings (SSSR count). The molecule has 0 saturated heterocycles. The Morgan fingerprint density at radius 2 is 2.00 bits per heavy atom. The Labute approximate surface area is 185 Å². The molecular formula is C21H23Cl2N3O4. The number of fused-ring (bicyclic) bond motifs is 1. The van der Waals surface area contributed by atoms with E-state index < -0.39 is 6.10 Å². The van der Waals surface area contributed by atoms with Crippen LogP contribution < -0.4 is 19.7 Å². The fraction of sp³-hybridized carbons (Fsp3) is 0.333. The summed E-state index contributed by atoms with van der Waals surface area (Å²) in [5, 5.41) is 3.57. The van der Waals surface area contributed by atoms with Crippen LogP contribution in [0.25, 0.3) is 0 Å². The van der Waals surface area contributed by atoms with Crippen molar-refractivity contribution in [3.8, 4) is 11.5 Å². The van der Waals surface area contributed by atoms with Gasteiger partial charge >= 0.3 is 0 Å². The summed E-state index contributed by atoms with van der Waals surface area (Å²) in [7, 11) is 3.89. The van der Waals surface area contributed by atoms with Crippen molar-refractivity contribution in [1.29, 1.82) is 0 Å². The Kier molecular flexibility index (Phi) is 7.07. The van der Waals surface area contributed by atoms with Crippen molar-refractivity contribution in [2.45, 2.75) is 13.0 Å². The number of hydrogen-bond donors (Lipinski definition) is 1. The molecule has 7 nitrogen and oxygen atoms in total. The lowest BCUT2D eigenvalue weighted by molar-refractivity contribution is -0.125. The van der Waals surface area contributed by atoms with Crippen LogP contribution in [0.2, 0.25) is 10.0 Å². The SMILES string of the molecule is CC1Oc2ccc(NC(=O)COc3ccc(Cl)cc3Cl)cc2N(CCN(C)C)C1=O. The standard InChI is InChI=1S/C21H23Cl2N3O4/c1-13-21(28)26(9-8-25(2)3)17-11-15(5-7-19(17)30-13)24-20(27)12-29-18-6-4-14(22)10-16(18)23/h4-7,10-11,13H,8-9,12H2,1-3H3,(H,24,27). The molecule has 2 amide bonds. The van der Waals surface area contributed by atoms with Crippen LogP contribution >= 0.6 is 23.2 Å². The molecule has 1 unspecified atom stereocenters. The number of amides is 2. The molecule has 0 aliphatic carbocycles. The lowest BCUT2D eigenvalue weighted by atomic mass is 10.1. The first kappa shape index (κ1) is 22.2. The average Bonchev–Trinajstić information content (AvgIpc) is 2.68. The topological polar surface area (TPSA) is 71.1 Å². The maximum Gasteiger partial charge on any atom is 0.267 e. The zero-order valence-corrected chi connectivity index (χ0v) is 18.5. The largest absolute Gasteiger partial charge is 0.482 e. The van der Waals surface area contributed by atoms with E-state index >= 15 is 0 Å². The van der Waals surface area contributed by atoms with Crippen molar-refractivity contribution < 1.29 is 19.1 Å². The normalized spacial score (nSPS) is 15.6. The van der Waals surface area contributed by atoms with Crippen LogP contribution in [0.3, 0.4) is 0 Å². The van der Waals surface area contributed by atoms with Gasteiger partial charge in [0.1, 0.15) is 11.5 Å². The summed E-state index contributed by atoms with van der Waals surface area (Å²) in [6.07, 6.45) is -0.558. The van der Waals surface area contributed by atoms with Crippen molar-refractivity contribution in [2.24, 2.45) is 0 Å². The number of nitrogens with zero attached hydrogens (tertiary/aromatic N) is 2. The van der Waals surface area contributed by atoms with Crippen LogP contribution in [0.5, 0.6) is 11.5 Å². The van der Waals surface area contributed by atoms with Crippen molar-refractivity contribution in [1.82, 2.24) is 4.90 Å². The van der Waals surface area contributed by atoms with Gasteiger partial charge in [-0.3, -0.25) is 9.59 Å². The number of hydrogen-bond acceptors (Lipinski definition) is 5. The molecule has 2 aromatic rings. The smallest absolute Gasteiger partial charge is 0.267 e. The lowest BCUT2D eigenvalue weighted by Crippen LogP contribution is -2.46. The third-order valence-electron chi connectivity index (χ3n) is 4.47. The highest BCUT2D eigenvalue weighted by atomic mass is 35.5. The van der Waals surface area contributed by atoms with E-state index in [2.05, 4.69) is 5.32 Å². The van der Waals surface area contributed by atoms with Gasteiger partial charge in [0.2, 0.25) is 0 Å². The number of anilines is 2. The van der Waals surface area contributed by atoms with Crippen LogP contribution in [-0.4, -0.2) is 56.6 Å². The van der Waals surface area contributed by atoms with E-state index in [4.69, 9.17) is 32.7 Å².